The van der Waals surface area contributed by atoms with E-state index in [9.17, 15) is 4.79 Å². The summed E-state index contributed by atoms with van der Waals surface area (Å²) in [5, 5.41) is 17.4. The van der Waals surface area contributed by atoms with Gasteiger partial charge in [-0.3, -0.25) is 0 Å². The maximum Gasteiger partial charge on any atom is 0.323 e. The van der Waals surface area contributed by atoms with Crippen molar-refractivity contribution in [3.63, 3.8) is 0 Å². The van der Waals surface area contributed by atoms with Crippen LogP contribution >= 0.6 is 0 Å². The molecule has 106 valence electrons. The largest absolute Gasteiger partial charge is 0.323 e. The molecule has 2 aromatic rings. The van der Waals surface area contributed by atoms with E-state index in [1.54, 1.807) is 24.3 Å². The molecular formula is C16H16N4O. The first kappa shape index (κ1) is 14.6. The van der Waals surface area contributed by atoms with Crippen molar-refractivity contribution in [3.8, 4) is 6.07 Å². The molecule has 0 aliphatic carbocycles. The van der Waals surface area contributed by atoms with E-state index in [4.69, 9.17) is 5.26 Å². The highest BCUT2D eigenvalue weighted by molar-refractivity contribution is 6.00. The molecule has 0 saturated heterocycles. The summed E-state index contributed by atoms with van der Waals surface area (Å²) < 4.78 is 0. The second-order valence-electron chi connectivity index (χ2n) is 4.46. The minimum atomic E-state index is -0.339. The Kier molecular flexibility index (Phi) is 4.91. The number of rotatable bonds is 4. The number of nitrogens with one attached hydrogen (secondary N) is 3. The summed E-state index contributed by atoms with van der Waals surface area (Å²) in [6, 6.07) is 16.0. The quantitative estimate of drug-likeness (QED) is 0.806. The number of benzene rings is 2. The van der Waals surface area contributed by atoms with Gasteiger partial charge in [-0.2, -0.15) is 5.26 Å². The highest BCUT2D eigenvalue weighted by Crippen LogP contribution is 2.16. The first-order valence-electron chi connectivity index (χ1n) is 6.53. The average molecular weight is 280 g/mol. The zero-order valence-corrected chi connectivity index (χ0v) is 11.7. The van der Waals surface area contributed by atoms with Crippen LogP contribution in [0, 0.1) is 11.3 Å². The van der Waals surface area contributed by atoms with Crippen LogP contribution in [0.5, 0.6) is 0 Å². The van der Waals surface area contributed by atoms with Crippen molar-refractivity contribution in [1.82, 2.24) is 5.32 Å². The smallest absolute Gasteiger partial charge is 0.316 e. The van der Waals surface area contributed by atoms with E-state index >= 15 is 0 Å². The number of hydrogen-bond donors (Lipinski definition) is 3. The van der Waals surface area contributed by atoms with Crippen LogP contribution in [0.3, 0.4) is 0 Å². The Morgan fingerprint density at radius 1 is 1.14 bits per heavy atom. The first-order valence-corrected chi connectivity index (χ1v) is 6.53. The zero-order valence-electron chi connectivity index (χ0n) is 11.7. The van der Waals surface area contributed by atoms with Gasteiger partial charge in [-0.1, -0.05) is 24.3 Å². The fraction of sp³-hybridized carbons (Fsp3) is 0.125. The van der Waals surface area contributed by atoms with Gasteiger partial charge in [-0.05, 0) is 36.9 Å². The lowest BCUT2D eigenvalue weighted by atomic mass is 10.2. The number of urea groups is 1. The molecule has 2 aromatic carbocycles. The van der Waals surface area contributed by atoms with Crippen molar-refractivity contribution in [2.24, 2.45) is 0 Å². The van der Waals surface area contributed by atoms with Gasteiger partial charge >= 0.3 is 6.03 Å². The van der Waals surface area contributed by atoms with E-state index < -0.39 is 0 Å². The Hall–Kier alpha value is -2.84. The fourth-order valence-electron chi connectivity index (χ4n) is 1.94. The molecule has 0 radical (unpaired) electrons. The number of hydrogen-bond acceptors (Lipinski definition) is 3. The van der Waals surface area contributed by atoms with Gasteiger partial charge in [0.25, 0.3) is 0 Å². The van der Waals surface area contributed by atoms with Crippen LogP contribution < -0.4 is 16.0 Å². The van der Waals surface area contributed by atoms with Gasteiger partial charge in [0.05, 0.1) is 11.6 Å². The third-order valence-electron chi connectivity index (χ3n) is 2.88. The number of carbonyl (C=O) groups is 1. The van der Waals surface area contributed by atoms with Crippen LogP contribution in [0.15, 0.2) is 48.5 Å². The molecule has 21 heavy (non-hydrogen) atoms. The van der Waals surface area contributed by atoms with Gasteiger partial charge < -0.3 is 16.0 Å². The molecule has 3 N–H and O–H groups in total. The van der Waals surface area contributed by atoms with E-state index in [0.29, 0.717) is 17.8 Å². The van der Waals surface area contributed by atoms with E-state index in [2.05, 4.69) is 16.0 Å². The zero-order chi connectivity index (χ0) is 15.1. The van der Waals surface area contributed by atoms with Gasteiger partial charge in [0.1, 0.15) is 0 Å². The lowest BCUT2D eigenvalue weighted by Gasteiger charge is -2.11. The molecule has 2 amide bonds. The summed E-state index contributed by atoms with van der Waals surface area (Å²) in [4.78, 5) is 12.0. The molecular weight excluding hydrogens is 264 g/mol. The monoisotopic (exact) mass is 280 g/mol. The van der Waals surface area contributed by atoms with Crippen LogP contribution in [-0.4, -0.2) is 13.1 Å². The van der Waals surface area contributed by atoms with E-state index in [-0.39, 0.29) is 6.03 Å². The van der Waals surface area contributed by atoms with Crippen molar-refractivity contribution < 1.29 is 4.79 Å². The van der Waals surface area contributed by atoms with Crippen molar-refractivity contribution in [3.05, 3.63) is 59.7 Å². The van der Waals surface area contributed by atoms with Crippen molar-refractivity contribution in [2.75, 3.05) is 17.7 Å². The number of nitrogens with zero attached hydrogens (tertiary/aromatic N) is 1. The molecule has 5 nitrogen and oxygen atoms in total. The van der Waals surface area contributed by atoms with Crippen LogP contribution in [0.25, 0.3) is 0 Å². The SMILES string of the molecule is CNCc1ccccc1NC(=O)Nc1cccc(C#N)c1. The Balaban J connectivity index is 2.06. The lowest BCUT2D eigenvalue weighted by molar-refractivity contribution is 0.262. The molecule has 0 unspecified atom stereocenters. The predicted molar refractivity (Wildman–Crippen MR) is 83.0 cm³/mol. The Morgan fingerprint density at radius 2 is 1.95 bits per heavy atom. The highest BCUT2D eigenvalue weighted by atomic mass is 16.2. The van der Waals surface area contributed by atoms with E-state index in [1.165, 1.54) is 0 Å². The lowest BCUT2D eigenvalue weighted by Crippen LogP contribution is -2.21. The molecule has 0 saturated carbocycles. The Morgan fingerprint density at radius 3 is 2.71 bits per heavy atom. The molecule has 0 fully saturated rings. The van der Waals surface area contributed by atoms with E-state index in [0.717, 1.165) is 11.3 Å². The third-order valence-corrected chi connectivity index (χ3v) is 2.88. The topological polar surface area (TPSA) is 76.9 Å². The molecule has 0 aliphatic rings. The van der Waals surface area contributed by atoms with Crippen LogP contribution in [-0.2, 0) is 6.54 Å². The summed E-state index contributed by atoms with van der Waals surface area (Å²) >= 11 is 0. The fourth-order valence-corrected chi connectivity index (χ4v) is 1.94. The number of para-hydroxylation sites is 1. The molecule has 0 atom stereocenters. The van der Waals surface area contributed by atoms with Gasteiger partial charge in [-0.15, -0.1) is 0 Å². The standard InChI is InChI=1S/C16H16N4O/c1-18-11-13-6-2-3-8-15(13)20-16(21)19-14-7-4-5-12(9-14)10-17/h2-9,18H,11H2,1H3,(H2,19,20,21). The summed E-state index contributed by atoms with van der Waals surface area (Å²) in [6.07, 6.45) is 0. The van der Waals surface area contributed by atoms with Gasteiger partial charge in [0, 0.05) is 17.9 Å². The first-order chi connectivity index (χ1) is 10.2. The maximum absolute atomic E-state index is 12.0. The molecule has 0 spiro atoms. The molecule has 0 aliphatic heterocycles. The van der Waals surface area contributed by atoms with Gasteiger partial charge in [0.15, 0.2) is 0 Å². The summed E-state index contributed by atoms with van der Waals surface area (Å²) in [5.41, 5.74) is 2.84. The molecule has 5 heteroatoms. The molecule has 0 heterocycles. The average Bonchev–Trinajstić information content (AvgIpc) is 2.49. The summed E-state index contributed by atoms with van der Waals surface area (Å²) in [5.74, 6) is 0. The van der Waals surface area contributed by atoms with Gasteiger partial charge in [-0.25, -0.2) is 4.79 Å². The summed E-state index contributed by atoms with van der Waals surface area (Å²) in [7, 11) is 1.85. The second-order valence-corrected chi connectivity index (χ2v) is 4.46. The molecule has 0 aromatic heterocycles. The van der Waals surface area contributed by atoms with E-state index in [1.807, 2.05) is 37.4 Å². The number of carbonyl (C=O) groups excluding carboxylic acids is 1. The summed E-state index contributed by atoms with van der Waals surface area (Å²) in [6.45, 7) is 0.667. The minimum Gasteiger partial charge on any atom is -0.316 e. The van der Waals surface area contributed by atoms with Crippen molar-refractivity contribution in [2.45, 2.75) is 6.54 Å². The Labute approximate surface area is 123 Å². The number of anilines is 2. The normalized spacial score (nSPS) is 9.71. The highest BCUT2D eigenvalue weighted by Gasteiger charge is 2.06. The number of nitriles is 1. The number of amides is 2. The second kappa shape index (κ2) is 7.08. The maximum atomic E-state index is 12.0. The van der Waals surface area contributed by atoms with Crippen molar-refractivity contribution in [1.29, 1.82) is 5.26 Å². The van der Waals surface area contributed by atoms with Gasteiger partial charge in [0.2, 0.25) is 0 Å². The molecule has 2 rings (SSSR count). The minimum absolute atomic E-state index is 0.339. The Bertz CT molecular complexity index is 676. The van der Waals surface area contributed by atoms with Crippen LogP contribution in [0.4, 0.5) is 16.2 Å². The van der Waals surface area contributed by atoms with Crippen molar-refractivity contribution >= 4 is 17.4 Å². The van der Waals surface area contributed by atoms with Crippen LogP contribution in [0.2, 0.25) is 0 Å². The van der Waals surface area contributed by atoms with Crippen LogP contribution in [0.1, 0.15) is 11.1 Å². The predicted octanol–water partition coefficient (Wildman–Crippen LogP) is 2.92. The molecule has 0 bridgehead atoms. The third kappa shape index (κ3) is 4.06.